The van der Waals surface area contributed by atoms with Crippen LogP contribution in [-0.4, -0.2) is 17.9 Å². The molecule has 0 saturated heterocycles. The minimum Gasteiger partial charge on any atom is -0.386 e. The molecule has 1 aliphatic heterocycles. The molecular formula is C18H17ClFNO2. The Morgan fingerprint density at radius 2 is 2.00 bits per heavy atom. The Hall–Kier alpha value is -1.91. The van der Waals surface area contributed by atoms with E-state index in [2.05, 4.69) is 5.16 Å². The monoisotopic (exact) mass is 333 g/mol. The quantitative estimate of drug-likeness (QED) is 0.802. The van der Waals surface area contributed by atoms with Gasteiger partial charge in [-0.2, -0.15) is 0 Å². The first-order valence-electron chi connectivity index (χ1n) is 7.38. The van der Waals surface area contributed by atoms with Gasteiger partial charge in [0.2, 0.25) is 0 Å². The number of halogens is 2. The lowest BCUT2D eigenvalue weighted by atomic mass is 9.97. The van der Waals surface area contributed by atoms with Crippen molar-refractivity contribution in [2.24, 2.45) is 5.16 Å². The fourth-order valence-corrected chi connectivity index (χ4v) is 2.70. The molecule has 5 heteroatoms. The van der Waals surface area contributed by atoms with Gasteiger partial charge in [-0.15, -0.1) is 0 Å². The van der Waals surface area contributed by atoms with Gasteiger partial charge in [0.1, 0.15) is 5.82 Å². The summed E-state index contributed by atoms with van der Waals surface area (Å²) in [6.07, 6.45) is 0.641. The number of ether oxygens (including phenoxy) is 1. The third-order valence-corrected chi connectivity index (χ3v) is 4.09. The molecule has 1 heterocycles. The van der Waals surface area contributed by atoms with E-state index in [1.165, 1.54) is 6.07 Å². The van der Waals surface area contributed by atoms with Gasteiger partial charge in [-0.05, 0) is 24.6 Å². The molecule has 0 fully saturated rings. The van der Waals surface area contributed by atoms with Crippen LogP contribution < -0.4 is 0 Å². The molecule has 3 nitrogen and oxygen atoms in total. The fraction of sp³-hybridized carbons (Fsp3) is 0.278. The first-order valence-corrected chi connectivity index (χ1v) is 7.76. The van der Waals surface area contributed by atoms with E-state index in [1.54, 1.807) is 12.1 Å². The van der Waals surface area contributed by atoms with Crippen molar-refractivity contribution in [3.63, 3.8) is 0 Å². The summed E-state index contributed by atoms with van der Waals surface area (Å²) in [7, 11) is 0. The van der Waals surface area contributed by atoms with E-state index in [0.29, 0.717) is 23.6 Å². The molecule has 3 rings (SSSR count). The number of hydrogen-bond acceptors (Lipinski definition) is 3. The molecule has 120 valence electrons. The summed E-state index contributed by atoms with van der Waals surface area (Å²) >= 11 is 5.99. The Labute approximate surface area is 139 Å². The number of oxime groups is 1. The predicted octanol–water partition coefficient (Wildman–Crippen LogP) is 4.58. The SMILES string of the molecule is CC1(COCc2c(F)cccc2Cl)CC(c2ccccc2)=NO1. The molecule has 0 saturated carbocycles. The highest BCUT2D eigenvalue weighted by atomic mass is 35.5. The smallest absolute Gasteiger partial charge is 0.163 e. The lowest BCUT2D eigenvalue weighted by Crippen LogP contribution is -2.31. The van der Waals surface area contributed by atoms with E-state index in [0.717, 1.165) is 11.3 Å². The Morgan fingerprint density at radius 1 is 1.22 bits per heavy atom. The number of nitrogens with zero attached hydrogens (tertiary/aromatic N) is 1. The summed E-state index contributed by atoms with van der Waals surface area (Å²) in [5, 5.41) is 4.52. The van der Waals surface area contributed by atoms with Gasteiger partial charge in [0.15, 0.2) is 5.60 Å². The van der Waals surface area contributed by atoms with E-state index in [9.17, 15) is 4.39 Å². The van der Waals surface area contributed by atoms with E-state index < -0.39 is 5.60 Å². The second-order valence-electron chi connectivity index (χ2n) is 5.81. The summed E-state index contributed by atoms with van der Waals surface area (Å²) in [5.74, 6) is -0.365. The minimum atomic E-state index is -0.553. The van der Waals surface area contributed by atoms with Crippen molar-refractivity contribution < 1.29 is 14.0 Å². The highest BCUT2D eigenvalue weighted by Gasteiger charge is 2.35. The van der Waals surface area contributed by atoms with Gasteiger partial charge in [-0.25, -0.2) is 4.39 Å². The fourth-order valence-electron chi connectivity index (χ4n) is 2.49. The highest BCUT2D eigenvalue weighted by Crippen LogP contribution is 2.28. The summed E-state index contributed by atoms with van der Waals surface area (Å²) in [4.78, 5) is 5.54. The zero-order valence-corrected chi connectivity index (χ0v) is 13.5. The molecule has 0 bridgehead atoms. The molecule has 2 aromatic rings. The third kappa shape index (κ3) is 3.71. The number of benzene rings is 2. The average Bonchev–Trinajstić information content (AvgIpc) is 2.94. The first-order chi connectivity index (χ1) is 11.1. The van der Waals surface area contributed by atoms with Crippen LogP contribution in [0.3, 0.4) is 0 Å². The molecule has 0 N–H and O–H groups in total. The van der Waals surface area contributed by atoms with E-state index in [4.69, 9.17) is 21.2 Å². The molecule has 1 unspecified atom stereocenters. The number of rotatable bonds is 5. The zero-order chi connectivity index (χ0) is 16.3. The molecule has 0 radical (unpaired) electrons. The molecule has 0 aliphatic carbocycles. The minimum absolute atomic E-state index is 0.102. The maximum absolute atomic E-state index is 13.7. The van der Waals surface area contributed by atoms with Crippen LogP contribution in [0.1, 0.15) is 24.5 Å². The van der Waals surface area contributed by atoms with Crippen LogP contribution in [0.15, 0.2) is 53.7 Å². The van der Waals surface area contributed by atoms with Crippen LogP contribution in [0, 0.1) is 5.82 Å². The molecule has 0 aromatic heterocycles. The number of hydrogen-bond donors (Lipinski definition) is 0. The Morgan fingerprint density at radius 3 is 2.74 bits per heavy atom. The van der Waals surface area contributed by atoms with Crippen LogP contribution in [0.2, 0.25) is 5.02 Å². The van der Waals surface area contributed by atoms with Gasteiger partial charge >= 0.3 is 0 Å². The van der Waals surface area contributed by atoms with Crippen molar-refractivity contribution in [1.29, 1.82) is 0 Å². The van der Waals surface area contributed by atoms with Gasteiger partial charge in [0.05, 0.1) is 18.9 Å². The van der Waals surface area contributed by atoms with E-state index >= 15 is 0 Å². The molecule has 23 heavy (non-hydrogen) atoms. The highest BCUT2D eigenvalue weighted by molar-refractivity contribution is 6.31. The third-order valence-electron chi connectivity index (χ3n) is 3.74. The standard InChI is InChI=1S/C18H17ClFNO2/c1-18(10-17(21-23-18)13-6-3-2-4-7-13)12-22-11-14-15(19)8-5-9-16(14)20/h2-9H,10-12H2,1H3. The first kappa shape index (κ1) is 16.0. The topological polar surface area (TPSA) is 30.8 Å². The summed E-state index contributed by atoms with van der Waals surface area (Å²) in [6, 6.07) is 14.5. The average molecular weight is 334 g/mol. The van der Waals surface area contributed by atoms with Crippen LogP contribution in [0.5, 0.6) is 0 Å². The van der Waals surface area contributed by atoms with Crippen LogP contribution in [0.4, 0.5) is 4.39 Å². The molecule has 0 spiro atoms. The second-order valence-corrected chi connectivity index (χ2v) is 6.22. The van der Waals surface area contributed by atoms with Gasteiger partial charge < -0.3 is 9.57 Å². The van der Waals surface area contributed by atoms with Gasteiger partial charge in [-0.1, -0.05) is 53.2 Å². The summed E-state index contributed by atoms with van der Waals surface area (Å²) < 4.78 is 19.3. The van der Waals surface area contributed by atoms with E-state index in [-0.39, 0.29) is 12.4 Å². The maximum Gasteiger partial charge on any atom is 0.163 e. The van der Waals surface area contributed by atoms with Crippen LogP contribution in [-0.2, 0) is 16.2 Å². The Balaban J connectivity index is 1.57. The van der Waals surface area contributed by atoms with E-state index in [1.807, 2.05) is 37.3 Å². The van der Waals surface area contributed by atoms with Gasteiger partial charge in [-0.3, -0.25) is 0 Å². The molecule has 1 atom stereocenters. The van der Waals surface area contributed by atoms with Crippen molar-refractivity contribution in [1.82, 2.24) is 0 Å². The Bertz CT molecular complexity index is 700. The molecular weight excluding hydrogens is 317 g/mol. The van der Waals surface area contributed by atoms with Crippen molar-refractivity contribution in [2.75, 3.05) is 6.61 Å². The lowest BCUT2D eigenvalue weighted by molar-refractivity contribution is -0.0713. The van der Waals surface area contributed by atoms with Crippen molar-refractivity contribution in [2.45, 2.75) is 25.6 Å². The second kappa shape index (κ2) is 6.69. The summed E-state index contributed by atoms with van der Waals surface area (Å²) in [6.45, 7) is 2.33. The van der Waals surface area contributed by atoms with Crippen LogP contribution in [0.25, 0.3) is 0 Å². The van der Waals surface area contributed by atoms with Gasteiger partial charge in [0, 0.05) is 17.0 Å². The summed E-state index contributed by atoms with van der Waals surface area (Å²) in [5.41, 5.74) is 1.73. The van der Waals surface area contributed by atoms with Crippen LogP contribution >= 0.6 is 11.6 Å². The maximum atomic E-state index is 13.7. The molecule has 2 aromatic carbocycles. The lowest BCUT2D eigenvalue weighted by Gasteiger charge is -2.21. The Kier molecular flexibility index (Phi) is 4.64. The van der Waals surface area contributed by atoms with Crippen molar-refractivity contribution in [3.8, 4) is 0 Å². The largest absolute Gasteiger partial charge is 0.386 e. The zero-order valence-electron chi connectivity index (χ0n) is 12.8. The van der Waals surface area contributed by atoms with Gasteiger partial charge in [0.25, 0.3) is 0 Å². The molecule has 1 aliphatic rings. The molecule has 0 amide bonds. The van der Waals surface area contributed by atoms with Crippen molar-refractivity contribution in [3.05, 3.63) is 70.5 Å². The predicted molar refractivity (Wildman–Crippen MR) is 88.2 cm³/mol. The van der Waals surface area contributed by atoms with Crippen molar-refractivity contribution >= 4 is 17.3 Å². The normalized spacial score (nSPS) is 20.2.